The van der Waals surface area contributed by atoms with Crippen molar-refractivity contribution in [2.45, 2.75) is 25.8 Å². The van der Waals surface area contributed by atoms with Crippen molar-refractivity contribution >= 4 is 23.2 Å². The molecule has 0 heterocycles. The predicted octanol–water partition coefficient (Wildman–Crippen LogP) is 3.64. The van der Waals surface area contributed by atoms with Crippen molar-refractivity contribution < 1.29 is 9.53 Å². The molecule has 0 aromatic heterocycles. The molecule has 5 heteroatoms. The molecule has 0 unspecified atom stereocenters. The highest BCUT2D eigenvalue weighted by Gasteiger charge is 2.15. The molecule has 4 nitrogen and oxygen atoms in total. The number of carbonyl (C=O) groups is 1. The lowest BCUT2D eigenvalue weighted by molar-refractivity contribution is -0.117. The number of benzene rings is 2. The van der Waals surface area contributed by atoms with Crippen LogP contribution in [0.3, 0.4) is 0 Å². The van der Waals surface area contributed by atoms with E-state index in [1.54, 1.807) is 18.2 Å². The first-order valence-corrected chi connectivity index (χ1v) is 8.00. The fraction of sp³-hybridized carbons (Fsp3) is 0.278. The Morgan fingerprint density at radius 3 is 2.65 bits per heavy atom. The zero-order chi connectivity index (χ0) is 16.7. The minimum atomic E-state index is -0.618. The minimum Gasteiger partial charge on any atom is -0.492 e. The van der Waals surface area contributed by atoms with Gasteiger partial charge in [-0.1, -0.05) is 48.9 Å². The highest BCUT2D eigenvalue weighted by atomic mass is 35.5. The summed E-state index contributed by atoms with van der Waals surface area (Å²) >= 11 is 6.15. The first-order chi connectivity index (χ1) is 11.1. The number of amides is 1. The quantitative estimate of drug-likeness (QED) is 0.813. The van der Waals surface area contributed by atoms with Crippen molar-refractivity contribution in [1.29, 1.82) is 0 Å². The van der Waals surface area contributed by atoms with Gasteiger partial charge in [0.05, 0.1) is 17.7 Å². The standard InChI is InChI=1S/C18H21ClN2O2/c1-2-10-23-17-9-8-14(12-15(17)19)21-18(22)16(20)11-13-6-4-3-5-7-13/h3-9,12,16H,2,10-11,20H2,1H3,(H,21,22)/t16-/m0/s1. The van der Waals surface area contributed by atoms with Crippen LogP contribution < -0.4 is 15.8 Å². The Kier molecular flexibility index (Phi) is 6.44. The summed E-state index contributed by atoms with van der Waals surface area (Å²) in [5, 5.41) is 3.25. The molecule has 3 N–H and O–H groups in total. The highest BCUT2D eigenvalue weighted by molar-refractivity contribution is 6.32. The molecule has 0 saturated heterocycles. The summed E-state index contributed by atoms with van der Waals surface area (Å²) < 4.78 is 5.50. The first-order valence-electron chi connectivity index (χ1n) is 7.63. The largest absolute Gasteiger partial charge is 0.492 e. The van der Waals surface area contributed by atoms with E-state index in [-0.39, 0.29) is 5.91 Å². The summed E-state index contributed by atoms with van der Waals surface area (Å²) in [6, 6.07) is 14.2. The van der Waals surface area contributed by atoms with Crippen LogP contribution in [0.1, 0.15) is 18.9 Å². The summed E-state index contributed by atoms with van der Waals surface area (Å²) in [5.41, 5.74) is 7.59. The SMILES string of the molecule is CCCOc1ccc(NC(=O)[C@@H](N)Cc2ccccc2)cc1Cl. The number of nitrogens with one attached hydrogen (secondary N) is 1. The molecule has 0 aliphatic heterocycles. The summed E-state index contributed by atoms with van der Waals surface area (Å²) in [5.74, 6) is 0.368. The van der Waals surface area contributed by atoms with Gasteiger partial charge in [-0.3, -0.25) is 4.79 Å². The number of carbonyl (C=O) groups excluding carboxylic acids is 1. The number of anilines is 1. The predicted molar refractivity (Wildman–Crippen MR) is 94.0 cm³/mol. The van der Waals surface area contributed by atoms with E-state index < -0.39 is 6.04 Å². The molecule has 122 valence electrons. The second-order valence-corrected chi connectivity index (χ2v) is 5.69. The molecule has 2 rings (SSSR count). The van der Waals surface area contributed by atoms with Crippen molar-refractivity contribution in [3.63, 3.8) is 0 Å². The van der Waals surface area contributed by atoms with E-state index in [9.17, 15) is 4.79 Å². The maximum absolute atomic E-state index is 12.2. The van der Waals surface area contributed by atoms with Crippen LogP contribution in [-0.2, 0) is 11.2 Å². The molecule has 0 radical (unpaired) electrons. The van der Waals surface area contributed by atoms with Crippen LogP contribution in [0.25, 0.3) is 0 Å². The van der Waals surface area contributed by atoms with Gasteiger partial charge in [0.2, 0.25) is 5.91 Å². The van der Waals surface area contributed by atoms with Crippen molar-refractivity contribution in [3.8, 4) is 5.75 Å². The van der Waals surface area contributed by atoms with E-state index in [4.69, 9.17) is 22.1 Å². The van der Waals surface area contributed by atoms with Gasteiger partial charge in [-0.2, -0.15) is 0 Å². The molecule has 2 aromatic carbocycles. The van der Waals surface area contributed by atoms with Crippen molar-refractivity contribution in [3.05, 3.63) is 59.1 Å². The fourth-order valence-corrected chi connectivity index (χ4v) is 2.34. The summed E-state index contributed by atoms with van der Waals surface area (Å²) in [7, 11) is 0. The molecular formula is C18H21ClN2O2. The Balaban J connectivity index is 1.95. The van der Waals surface area contributed by atoms with Crippen LogP contribution in [0.4, 0.5) is 5.69 Å². The average Bonchev–Trinajstić information content (AvgIpc) is 2.55. The third-order valence-electron chi connectivity index (χ3n) is 3.30. The van der Waals surface area contributed by atoms with Crippen LogP contribution in [0.15, 0.2) is 48.5 Å². The normalized spacial score (nSPS) is 11.8. The molecule has 0 aliphatic carbocycles. The van der Waals surface area contributed by atoms with Gasteiger partial charge in [0.15, 0.2) is 0 Å². The number of nitrogens with two attached hydrogens (primary N) is 1. The summed E-state index contributed by atoms with van der Waals surface area (Å²) in [6.45, 7) is 2.63. The van der Waals surface area contributed by atoms with Gasteiger partial charge in [0.25, 0.3) is 0 Å². The van der Waals surface area contributed by atoms with Crippen LogP contribution in [0.5, 0.6) is 5.75 Å². The number of rotatable bonds is 7. The van der Waals surface area contributed by atoms with E-state index >= 15 is 0 Å². The minimum absolute atomic E-state index is 0.243. The van der Waals surface area contributed by atoms with Gasteiger partial charge in [-0.05, 0) is 36.6 Å². The summed E-state index contributed by atoms with van der Waals surface area (Å²) in [4.78, 5) is 12.2. The lowest BCUT2D eigenvalue weighted by Crippen LogP contribution is -2.37. The van der Waals surface area contributed by atoms with E-state index in [0.717, 1.165) is 12.0 Å². The van der Waals surface area contributed by atoms with E-state index in [1.807, 2.05) is 37.3 Å². The van der Waals surface area contributed by atoms with Crippen molar-refractivity contribution in [1.82, 2.24) is 0 Å². The molecular weight excluding hydrogens is 312 g/mol. The third kappa shape index (κ3) is 5.27. The zero-order valence-electron chi connectivity index (χ0n) is 13.1. The average molecular weight is 333 g/mol. The van der Waals surface area contributed by atoms with Gasteiger partial charge in [-0.25, -0.2) is 0 Å². The molecule has 23 heavy (non-hydrogen) atoms. The van der Waals surface area contributed by atoms with E-state index in [0.29, 0.717) is 29.5 Å². The van der Waals surface area contributed by atoms with Crippen molar-refractivity contribution in [2.75, 3.05) is 11.9 Å². The molecule has 0 fully saturated rings. The highest BCUT2D eigenvalue weighted by Crippen LogP contribution is 2.27. The fourth-order valence-electron chi connectivity index (χ4n) is 2.10. The molecule has 0 saturated carbocycles. The van der Waals surface area contributed by atoms with Crippen LogP contribution in [0, 0.1) is 0 Å². The Hall–Kier alpha value is -2.04. The lowest BCUT2D eigenvalue weighted by atomic mass is 10.1. The number of hydrogen-bond acceptors (Lipinski definition) is 3. The zero-order valence-corrected chi connectivity index (χ0v) is 13.8. The van der Waals surface area contributed by atoms with E-state index in [2.05, 4.69) is 5.32 Å². The number of halogens is 1. The number of ether oxygens (including phenoxy) is 1. The Labute approximate surface area is 141 Å². The van der Waals surface area contributed by atoms with Crippen LogP contribution in [0.2, 0.25) is 5.02 Å². The van der Waals surface area contributed by atoms with Gasteiger partial charge in [0, 0.05) is 5.69 Å². The second kappa shape index (κ2) is 8.56. The summed E-state index contributed by atoms with van der Waals surface area (Å²) in [6.07, 6.45) is 1.39. The van der Waals surface area contributed by atoms with Gasteiger partial charge in [0.1, 0.15) is 5.75 Å². The van der Waals surface area contributed by atoms with Crippen LogP contribution >= 0.6 is 11.6 Å². The number of hydrogen-bond donors (Lipinski definition) is 2. The molecule has 1 atom stereocenters. The maximum Gasteiger partial charge on any atom is 0.241 e. The third-order valence-corrected chi connectivity index (χ3v) is 3.59. The maximum atomic E-state index is 12.2. The molecule has 0 bridgehead atoms. The Morgan fingerprint density at radius 2 is 2.00 bits per heavy atom. The molecule has 0 aliphatic rings. The Morgan fingerprint density at radius 1 is 1.26 bits per heavy atom. The second-order valence-electron chi connectivity index (χ2n) is 5.28. The van der Waals surface area contributed by atoms with Gasteiger partial charge in [-0.15, -0.1) is 0 Å². The van der Waals surface area contributed by atoms with E-state index in [1.165, 1.54) is 0 Å². The van der Waals surface area contributed by atoms with Gasteiger partial charge >= 0.3 is 0 Å². The monoisotopic (exact) mass is 332 g/mol. The lowest BCUT2D eigenvalue weighted by Gasteiger charge is -2.13. The Bertz CT molecular complexity index is 647. The van der Waals surface area contributed by atoms with Gasteiger partial charge < -0.3 is 15.8 Å². The topological polar surface area (TPSA) is 64.3 Å². The van der Waals surface area contributed by atoms with Crippen molar-refractivity contribution in [2.24, 2.45) is 5.73 Å². The smallest absolute Gasteiger partial charge is 0.241 e. The molecule has 0 spiro atoms. The molecule has 2 aromatic rings. The van der Waals surface area contributed by atoms with Crippen LogP contribution in [-0.4, -0.2) is 18.6 Å². The molecule has 1 amide bonds. The first kappa shape index (κ1) is 17.3.